The van der Waals surface area contributed by atoms with Gasteiger partial charge in [-0.3, -0.25) is 0 Å². The molecule has 0 amide bonds. The molecule has 236 valence electrons. The standard InChI is InChI=1S/C27H36NO.C10H12O.2ClH.Ru/c1-18(2)22-9-8-10-23(19(3)4)25(22)28-17-27(16-26(28,5)6)14-13-20-11-12-21(29-7)15-24(20)27;1-8(2)11-10-7-5-4-6-9(10)3;;;/h8-12,15,17-19H,13-14,16H2,1-7H3;3-8H,1-2H3;2*1H;/q-1;;;;+2/p-2/t27-;;;;/m0..../s1. The van der Waals surface area contributed by atoms with Gasteiger partial charge >= 0.3 is 97.8 Å². The molecular formula is C37H48Cl2NO2Ru-. The zero-order valence-corrected chi connectivity index (χ0v) is 30.4. The Kier molecular flexibility index (Phi) is 11.1. The number of para-hydroxylation sites is 2. The summed E-state index contributed by atoms with van der Waals surface area (Å²) in [5.41, 5.74) is 8.48. The second-order valence-electron chi connectivity index (χ2n) is 13.3. The van der Waals surface area contributed by atoms with Crippen LogP contribution >= 0.6 is 19.4 Å². The SMILES string of the molecule is CC(C)Oc1ccccc1[CH]=[Ru]([Cl])[Cl].COc1ccc2c(c1)[C@@]1([CH-]N(c3c(C(C)C)cccc3C(C)C)C(C)(C)C1)CC2. The van der Waals surface area contributed by atoms with E-state index in [1.165, 1.54) is 34.4 Å². The first kappa shape index (κ1) is 34.0. The summed E-state index contributed by atoms with van der Waals surface area (Å²) in [7, 11) is 13.4. The maximum Gasteiger partial charge on any atom is 0.119 e. The van der Waals surface area contributed by atoms with Crippen molar-refractivity contribution < 1.29 is 23.0 Å². The van der Waals surface area contributed by atoms with Crippen molar-refractivity contribution in [3.63, 3.8) is 0 Å². The van der Waals surface area contributed by atoms with Crippen molar-refractivity contribution in [2.45, 2.75) is 104 Å². The maximum absolute atomic E-state index is 5.82. The Balaban J connectivity index is 0.000000255. The quantitative estimate of drug-likeness (QED) is 0.180. The van der Waals surface area contributed by atoms with Crippen molar-refractivity contribution in [3.05, 3.63) is 95.0 Å². The Morgan fingerprint density at radius 3 is 2.14 bits per heavy atom. The molecule has 0 radical (unpaired) electrons. The first-order chi connectivity index (χ1) is 20.3. The Labute approximate surface area is 273 Å². The van der Waals surface area contributed by atoms with Gasteiger partial charge in [-0.05, 0) is 67.3 Å². The molecule has 0 saturated carbocycles. The number of fused-ring (bicyclic) bond motifs is 2. The molecule has 43 heavy (non-hydrogen) atoms. The maximum atomic E-state index is 5.82. The summed E-state index contributed by atoms with van der Waals surface area (Å²) >= 11 is -1.77. The zero-order valence-electron chi connectivity index (χ0n) is 27.2. The molecule has 1 saturated heterocycles. The summed E-state index contributed by atoms with van der Waals surface area (Å²) in [6.07, 6.45) is 3.65. The first-order valence-electron chi connectivity index (χ1n) is 15.3. The van der Waals surface area contributed by atoms with Crippen LogP contribution in [0, 0.1) is 6.54 Å². The van der Waals surface area contributed by atoms with Crippen LogP contribution in [0.2, 0.25) is 0 Å². The number of benzene rings is 3. The summed E-state index contributed by atoms with van der Waals surface area (Å²) in [4.78, 5) is 2.63. The average molecular weight is 711 g/mol. The Morgan fingerprint density at radius 1 is 0.907 bits per heavy atom. The molecule has 0 N–H and O–H groups in total. The number of methoxy groups -OCH3 is 1. The second-order valence-corrected chi connectivity index (χ2v) is 19.0. The fourth-order valence-electron chi connectivity index (χ4n) is 6.67. The van der Waals surface area contributed by atoms with E-state index in [1.54, 1.807) is 7.11 Å². The molecule has 0 unspecified atom stereocenters. The number of aryl methyl sites for hydroxylation is 1. The van der Waals surface area contributed by atoms with Crippen molar-refractivity contribution in [3.8, 4) is 11.5 Å². The number of halogens is 2. The monoisotopic (exact) mass is 710 g/mol. The van der Waals surface area contributed by atoms with E-state index >= 15 is 0 Å². The van der Waals surface area contributed by atoms with Crippen LogP contribution < -0.4 is 14.4 Å². The van der Waals surface area contributed by atoms with E-state index < -0.39 is 13.5 Å². The van der Waals surface area contributed by atoms with Gasteiger partial charge < -0.3 is 9.64 Å². The van der Waals surface area contributed by atoms with Gasteiger partial charge in [0.1, 0.15) is 5.75 Å². The minimum Gasteiger partial charge on any atom is -0.517 e. The van der Waals surface area contributed by atoms with Crippen LogP contribution in [0.15, 0.2) is 60.7 Å². The average Bonchev–Trinajstić information content (AvgIpc) is 3.43. The minimum absolute atomic E-state index is 0.0688. The van der Waals surface area contributed by atoms with Gasteiger partial charge in [-0.2, -0.15) is 0 Å². The van der Waals surface area contributed by atoms with Gasteiger partial charge in [-0.1, -0.05) is 63.9 Å². The Hall–Kier alpha value is -1.87. The number of anilines is 1. The third kappa shape index (κ3) is 7.69. The van der Waals surface area contributed by atoms with Crippen LogP contribution in [0.4, 0.5) is 5.69 Å². The fourth-order valence-corrected chi connectivity index (χ4v) is 8.47. The molecule has 3 aromatic rings. The van der Waals surface area contributed by atoms with E-state index in [0.717, 1.165) is 29.9 Å². The fraction of sp³-hybridized carbons (Fsp3) is 0.459. The molecule has 0 bridgehead atoms. The molecule has 6 heteroatoms. The molecule has 5 rings (SSSR count). The van der Waals surface area contributed by atoms with Crippen LogP contribution in [0.3, 0.4) is 0 Å². The van der Waals surface area contributed by atoms with E-state index in [0.29, 0.717) is 11.8 Å². The van der Waals surface area contributed by atoms with Crippen LogP contribution in [0.5, 0.6) is 11.5 Å². The van der Waals surface area contributed by atoms with Gasteiger partial charge in [-0.15, -0.1) is 5.41 Å². The number of rotatable bonds is 7. The molecule has 0 aromatic heterocycles. The minimum atomic E-state index is -1.77. The molecule has 1 fully saturated rings. The smallest absolute Gasteiger partial charge is 0.119 e. The van der Waals surface area contributed by atoms with Gasteiger partial charge in [0.05, 0.1) is 7.11 Å². The Morgan fingerprint density at radius 2 is 1.56 bits per heavy atom. The van der Waals surface area contributed by atoms with Gasteiger partial charge in [-0.25, -0.2) is 6.54 Å². The predicted octanol–water partition coefficient (Wildman–Crippen LogP) is 10.5. The topological polar surface area (TPSA) is 21.7 Å². The number of ether oxygens (including phenoxy) is 2. The van der Waals surface area contributed by atoms with Gasteiger partial charge in [0.15, 0.2) is 0 Å². The van der Waals surface area contributed by atoms with Gasteiger partial charge in [0.2, 0.25) is 0 Å². The number of hydrogen-bond acceptors (Lipinski definition) is 3. The normalized spacial score (nSPS) is 19.0. The predicted molar refractivity (Wildman–Crippen MR) is 182 cm³/mol. The summed E-state index contributed by atoms with van der Waals surface area (Å²) in [6, 6.07) is 21.3. The molecule has 3 aromatic carbocycles. The van der Waals surface area contributed by atoms with Gasteiger partial charge in [0, 0.05) is 11.2 Å². The van der Waals surface area contributed by atoms with E-state index in [-0.39, 0.29) is 17.1 Å². The van der Waals surface area contributed by atoms with E-state index in [2.05, 4.69) is 89.4 Å². The van der Waals surface area contributed by atoms with Crippen LogP contribution in [0.1, 0.15) is 108 Å². The first-order valence-corrected chi connectivity index (χ1v) is 20.8. The van der Waals surface area contributed by atoms with Crippen molar-refractivity contribution in [1.82, 2.24) is 0 Å². The van der Waals surface area contributed by atoms with Crippen LogP contribution in [-0.2, 0) is 25.4 Å². The Bertz CT molecular complexity index is 1420. The molecule has 2 aliphatic rings. The molecule has 1 atom stereocenters. The van der Waals surface area contributed by atoms with E-state index in [9.17, 15) is 0 Å². The van der Waals surface area contributed by atoms with Crippen molar-refractivity contribution in [1.29, 1.82) is 0 Å². The summed E-state index contributed by atoms with van der Waals surface area (Å²) in [5, 5.41) is 0. The summed E-state index contributed by atoms with van der Waals surface area (Å²) in [6.45, 7) is 20.7. The molecule has 1 aliphatic carbocycles. The largest absolute Gasteiger partial charge is 0.517 e. The van der Waals surface area contributed by atoms with Crippen LogP contribution in [-0.4, -0.2) is 23.4 Å². The molecular weight excluding hydrogens is 662 g/mol. The summed E-state index contributed by atoms with van der Waals surface area (Å²) < 4.78 is 13.1. The van der Waals surface area contributed by atoms with Crippen molar-refractivity contribution >= 4 is 29.7 Å². The van der Waals surface area contributed by atoms with E-state index in [1.807, 2.05) is 42.7 Å². The van der Waals surface area contributed by atoms with Crippen molar-refractivity contribution in [2.75, 3.05) is 12.0 Å². The third-order valence-electron chi connectivity index (χ3n) is 8.52. The second kappa shape index (κ2) is 14.1. The molecule has 1 aliphatic heterocycles. The van der Waals surface area contributed by atoms with E-state index in [4.69, 9.17) is 28.9 Å². The third-order valence-corrected chi connectivity index (χ3v) is 10.4. The summed E-state index contributed by atoms with van der Waals surface area (Å²) in [5.74, 6) is 2.82. The van der Waals surface area contributed by atoms with Gasteiger partial charge in [0.25, 0.3) is 0 Å². The molecule has 3 nitrogen and oxygen atoms in total. The van der Waals surface area contributed by atoms with Crippen LogP contribution in [0.25, 0.3) is 0 Å². The molecule has 1 heterocycles. The number of hydrogen-bond donors (Lipinski definition) is 0. The van der Waals surface area contributed by atoms with Crippen molar-refractivity contribution in [2.24, 2.45) is 0 Å². The zero-order chi connectivity index (χ0) is 31.5. The number of nitrogens with zero attached hydrogens (tertiary/aromatic N) is 1. The molecule has 1 spiro atoms.